The van der Waals surface area contributed by atoms with Crippen molar-refractivity contribution in [3.8, 4) is 0 Å². The number of imidazole rings is 1. The molecule has 1 N–H and O–H groups in total. The molecule has 0 atom stereocenters. The number of nitrogens with zero attached hydrogens (tertiary/aromatic N) is 5. The fourth-order valence-corrected chi connectivity index (χ4v) is 4.26. The highest BCUT2D eigenvalue weighted by Crippen LogP contribution is 2.25. The number of allylic oxidation sites excluding steroid dienone is 2. The lowest BCUT2D eigenvalue weighted by Gasteiger charge is -2.29. The summed E-state index contributed by atoms with van der Waals surface area (Å²) in [6, 6.07) is 2.39. The van der Waals surface area contributed by atoms with E-state index in [1.807, 2.05) is 49.1 Å². The lowest BCUT2D eigenvalue weighted by molar-refractivity contribution is -0.00158. The van der Waals surface area contributed by atoms with E-state index in [1.165, 1.54) is 0 Å². The summed E-state index contributed by atoms with van der Waals surface area (Å²) in [4.78, 5) is 9.17. The summed E-state index contributed by atoms with van der Waals surface area (Å²) in [6.07, 6.45) is 12.3. The number of aryl methyl sites for hydroxylation is 1. The van der Waals surface area contributed by atoms with E-state index in [0.29, 0.717) is 31.3 Å². The topological polar surface area (TPSA) is 78.5 Å². The van der Waals surface area contributed by atoms with Crippen LogP contribution in [-0.4, -0.2) is 56.6 Å². The van der Waals surface area contributed by atoms with E-state index in [9.17, 15) is 0 Å². The van der Waals surface area contributed by atoms with Crippen LogP contribution in [0.1, 0.15) is 48.5 Å². The van der Waals surface area contributed by atoms with Gasteiger partial charge in [-0.2, -0.15) is 0 Å². The number of anilines is 1. The normalized spacial score (nSPS) is 18.9. The molecule has 8 nitrogen and oxygen atoms in total. The molecule has 33 heavy (non-hydrogen) atoms. The van der Waals surface area contributed by atoms with Crippen LogP contribution in [0.3, 0.4) is 0 Å². The van der Waals surface area contributed by atoms with Crippen LogP contribution in [0, 0.1) is 13.8 Å². The van der Waals surface area contributed by atoms with E-state index < -0.39 is 0 Å². The van der Waals surface area contributed by atoms with Gasteiger partial charge in [0, 0.05) is 37.7 Å². The molecule has 0 radical (unpaired) electrons. The lowest BCUT2D eigenvalue weighted by Crippen LogP contribution is -2.31. The SMILES string of the molecule is C=C(/C=C\c1nc(C)n(C)c1C)c1ccn2nc(NC3CCC(OCCOC)CC3)ncc12. The van der Waals surface area contributed by atoms with Gasteiger partial charge in [-0.1, -0.05) is 12.7 Å². The van der Waals surface area contributed by atoms with Crippen molar-refractivity contribution in [1.29, 1.82) is 0 Å². The van der Waals surface area contributed by atoms with E-state index in [0.717, 1.165) is 59.5 Å². The largest absolute Gasteiger partial charge is 0.382 e. The maximum Gasteiger partial charge on any atom is 0.241 e. The first-order valence-electron chi connectivity index (χ1n) is 11.5. The van der Waals surface area contributed by atoms with Crippen LogP contribution in [0.4, 0.5) is 5.95 Å². The predicted molar refractivity (Wildman–Crippen MR) is 131 cm³/mol. The molecule has 1 aliphatic rings. The molecule has 4 rings (SSSR count). The number of nitrogens with one attached hydrogen (secondary N) is 1. The van der Waals surface area contributed by atoms with E-state index >= 15 is 0 Å². The molecule has 0 aromatic carbocycles. The molecule has 0 bridgehead atoms. The Bertz CT molecular complexity index is 1140. The Kier molecular flexibility index (Phi) is 7.25. The van der Waals surface area contributed by atoms with Crippen molar-refractivity contribution >= 4 is 23.1 Å². The van der Waals surface area contributed by atoms with Crippen molar-refractivity contribution in [1.82, 2.24) is 24.1 Å². The van der Waals surface area contributed by atoms with Crippen molar-refractivity contribution in [2.75, 3.05) is 25.6 Å². The highest BCUT2D eigenvalue weighted by atomic mass is 16.5. The van der Waals surface area contributed by atoms with Gasteiger partial charge in [-0.15, -0.1) is 5.10 Å². The Morgan fingerprint density at radius 2 is 2.03 bits per heavy atom. The van der Waals surface area contributed by atoms with Crippen LogP contribution < -0.4 is 5.32 Å². The van der Waals surface area contributed by atoms with E-state index in [1.54, 1.807) is 7.11 Å². The molecule has 0 aliphatic heterocycles. The molecule has 1 saturated carbocycles. The molecule has 0 amide bonds. The van der Waals surface area contributed by atoms with Gasteiger partial charge >= 0.3 is 0 Å². The smallest absolute Gasteiger partial charge is 0.241 e. The standard InChI is InChI=1S/C25H34N6O2/c1-17(6-11-23-18(2)30(4)19(3)27-23)22-12-13-31-24(22)16-26-25(29-31)28-20-7-9-21(10-8-20)33-15-14-32-5/h6,11-13,16,20-21H,1,7-10,14-15H2,2-5H3,(H,28,29)/b11-6-. The number of methoxy groups -OCH3 is 1. The highest BCUT2D eigenvalue weighted by molar-refractivity contribution is 5.85. The molecular formula is C25H34N6O2. The predicted octanol–water partition coefficient (Wildman–Crippen LogP) is 4.19. The molecule has 3 aromatic rings. The Labute approximate surface area is 195 Å². The fourth-order valence-electron chi connectivity index (χ4n) is 4.26. The van der Waals surface area contributed by atoms with Gasteiger partial charge in [0.25, 0.3) is 0 Å². The van der Waals surface area contributed by atoms with E-state index in [4.69, 9.17) is 9.47 Å². The third-order valence-electron chi connectivity index (χ3n) is 6.50. The molecule has 0 saturated heterocycles. The summed E-state index contributed by atoms with van der Waals surface area (Å²) in [6.45, 7) is 9.63. The van der Waals surface area contributed by atoms with Gasteiger partial charge in [-0.25, -0.2) is 14.5 Å². The third kappa shape index (κ3) is 5.34. The summed E-state index contributed by atoms with van der Waals surface area (Å²) in [5.41, 5.74) is 4.93. The number of hydrogen-bond acceptors (Lipinski definition) is 6. The molecule has 8 heteroatoms. The molecule has 176 valence electrons. The first kappa shape index (κ1) is 23.2. The van der Waals surface area contributed by atoms with E-state index in [-0.39, 0.29) is 0 Å². The Balaban J connectivity index is 1.38. The van der Waals surface area contributed by atoms with Crippen molar-refractivity contribution in [2.24, 2.45) is 7.05 Å². The number of fused-ring (bicyclic) bond motifs is 1. The molecule has 0 unspecified atom stereocenters. The summed E-state index contributed by atoms with van der Waals surface area (Å²) in [7, 11) is 3.72. The van der Waals surface area contributed by atoms with E-state index in [2.05, 4.69) is 38.5 Å². The van der Waals surface area contributed by atoms with Gasteiger partial charge in [-0.05, 0) is 57.2 Å². The lowest BCUT2D eigenvalue weighted by atomic mass is 9.93. The summed E-state index contributed by atoms with van der Waals surface area (Å²) in [5.74, 6) is 1.64. The summed E-state index contributed by atoms with van der Waals surface area (Å²) < 4.78 is 14.9. The number of aromatic nitrogens is 5. The average Bonchev–Trinajstić information content (AvgIpc) is 3.35. The first-order chi connectivity index (χ1) is 16.0. The molecule has 1 fully saturated rings. The molecule has 3 aromatic heterocycles. The van der Waals surface area contributed by atoms with Crippen LogP contribution in [0.25, 0.3) is 17.2 Å². The van der Waals surface area contributed by atoms with Crippen molar-refractivity contribution in [3.63, 3.8) is 0 Å². The summed E-state index contributed by atoms with van der Waals surface area (Å²) >= 11 is 0. The fraction of sp³-hybridized carbons (Fsp3) is 0.480. The van der Waals surface area contributed by atoms with Crippen molar-refractivity contribution in [3.05, 3.63) is 53.9 Å². The zero-order valence-corrected chi connectivity index (χ0v) is 20.0. The second kappa shape index (κ2) is 10.3. The van der Waals surface area contributed by atoms with Gasteiger partial charge in [0.2, 0.25) is 5.95 Å². The third-order valence-corrected chi connectivity index (χ3v) is 6.50. The van der Waals surface area contributed by atoms with Gasteiger partial charge in [0.1, 0.15) is 5.82 Å². The average molecular weight is 451 g/mol. The quantitative estimate of drug-likeness (QED) is 0.389. The zero-order valence-electron chi connectivity index (χ0n) is 20.0. The summed E-state index contributed by atoms with van der Waals surface area (Å²) in [5, 5.41) is 8.15. The maximum absolute atomic E-state index is 5.86. The van der Waals surface area contributed by atoms with Crippen LogP contribution in [0.2, 0.25) is 0 Å². The Morgan fingerprint density at radius 1 is 1.24 bits per heavy atom. The molecular weight excluding hydrogens is 416 g/mol. The highest BCUT2D eigenvalue weighted by Gasteiger charge is 2.22. The minimum atomic E-state index is 0.325. The minimum Gasteiger partial charge on any atom is -0.382 e. The van der Waals surface area contributed by atoms with Crippen molar-refractivity contribution in [2.45, 2.75) is 51.7 Å². The second-order valence-electron chi connectivity index (χ2n) is 8.67. The number of hydrogen-bond donors (Lipinski definition) is 1. The molecule has 0 spiro atoms. The zero-order chi connectivity index (χ0) is 23.4. The molecule has 3 heterocycles. The Hall–Kier alpha value is -2.97. The van der Waals surface area contributed by atoms with Crippen LogP contribution in [0.15, 0.2) is 31.1 Å². The number of ether oxygens (including phenoxy) is 2. The molecule has 1 aliphatic carbocycles. The Morgan fingerprint density at radius 3 is 2.73 bits per heavy atom. The van der Waals surface area contributed by atoms with Crippen LogP contribution in [-0.2, 0) is 16.5 Å². The van der Waals surface area contributed by atoms with Gasteiger partial charge in [0.05, 0.1) is 36.7 Å². The number of rotatable bonds is 9. The second-order valence-corrected chi connectivity index (χ2v) is 8.67. The maximum atomic E-state index is 5.86. The first-order valence-corrected chi connectivity index (χ1v) is 11.5. The van der Waals surface area contributed by atoms with Crippen molar-refractivity contribution < 1.29 is 9.47 Å². The van der Waals surface area contributed by atoms with Gasteiger partial charge in [-0.3, -0.25) is 0 Å². The monoisotopic (exact) mass is 450 g/mol. The van der Waals surface area contributed by atoms with Crippen LogP contribution >= 0.6 is 0 Å². The van der Waals surface area contributed by atoms with Gasteiger partial charge in [0.15, 0.2) is 0 Å². The minimum absolute atomic E-state index is 0.325. The van der Waals surface area contributed by atoms with Gasteiger partial charge < -0.3 is 19.4 Å². The van der Waals surface area contributed by atoms with Crippen LogP contribution in [0.5, 0.6) is 0 Å².